The fraction of sp³-hybridized carbons (Fsp3) is 0.190. The summed E-state index contributed by atoms with van der Waals surface area (Å²) in [6, 6.07) is 11.0. The molecule has 4 nitrogen and oxygen atoms in total. The van der Waals surface area contributed by atoms with Crippen LogP contribution in [0.2, 0.25) is 0 Å². The fourth-order valence-electron chi connectivity index (χ4n) is 2.70. The molecule has 3 rings (SSSR count). The van der Waals surface area contributed by atoms with Gasteiger partial charge in [-0.1, -0.05) is 36.4 Å². The summed E-state index contributed by atoms with van der Waals surface area (Å²) in [4.78, 5) is 12.8. The number of phenols is 1. The summed E-state index contributed by atoms with van der Waals surface area (Å²) < 4.78 is 11.3. The van der Waals surface area contributed by atoms with Gasteiger partial charge in [0.2, 0.25) is 0 Å². The average molecular weight is 336 g/mol. The van der Waals surface area contributed by atoms with Crippen LogP contribution in [0.5, 0.6) is 17.2 Å². The van der Waals surface area contributed by atoms with Crippen LogP contribution in [0.4, 0.5) is 0 Å². The largest absolute Gasteiger partial charge is 0.507 e. The highest BCUT2D eigenvalue weighted by Gasteiger charge is 2.30. The second kappa shape index (κ2) is 6.48. The minimum absolute atomic E-state index is 0.0159. The number of carbonyl (C=O) groups excluding carboxylic acids is 1. The van der Waals surface area contributed by atoms with Crippen molar-refractivity contribution in [3.8, 4) is 17.2 Å². The van der Waals surface area contributed by atoms with Crippen molar-refractivity contribution in [3.63, 3.8) is 0 Å². The second-order valence-corrected chi connectivity index (χ2v) is 6.36. The molecule has 0 fully saturated rings. The molecule has 1 aliphatic rings. The predicted molar refractivity (Wildman–Crippen MR) is 98.2 cm³/mol. The van der Waals surface area contributed by atoms with Crippen LogP contribution in [-0.2, 0) is 0 Å². The highest BCUT2D eigenvalue weighted by atomic mass is 16.5. The van der Waals surface area contributed by atoms with Crippen LogP contribution in [0.15, 0.2) is 48.6 Å². The maximum absolute atomic E-state index is 12.8. The van der Waals surface area contributed by atoms with Crippen molar-refractivity contribution < 1.29 is 19.4 Å². The Bertz CT molecular complexity index is 861. The summed E-state index contributed by atoms with van der Waals surface area (Å²) in [6.07, 6.45) is 6.84. The van der Waals surface area contributed by atoms with Crippen LogP contribution in [0.3, 0.4) is 0 Å². The number of hydrogen-bond acceptors (Lipinski definition) is 4. The van der Waals surface area contributed by atoms with Crippen molar-refractivity contribution in [2.75, 3.05) is 7.11 Å². The molecule has 0 bridgehead atoms. The molecule has 1 heterocycles. The molecule has 0 radical (unpaired) electrons. The first-order valence-electron chi connectivity index (χ1n) is 8.01. The molecule has 25 heavy (non-hydrogen) atoms. The number of ketones is 1. The molecule has 0 amide bonds. The van der Waals surface area contributed by atoms with Gasteiger partial charge in [0, 0.05) is 6.07 Å². The maximum atomic E-state index is 12.8. The Balaban J connectivity index is 2.07. The number of fused-ring (bicyclic) bond motifs is 1. The van der Waals surface area contributed by atoms with Gasteiger partial charge in [-0.25, -0.2) is 0 Å². The van der Waals surface area contributed by atoms with Gasteiger partial charge >= 0.3 is 0 Å². The second-order valence-electron chi connectivity index (χ2n) is 6.36. The van der Waals surface area contributed by atoms with Crippen molar-refractivity contribution in [3.05, 3.63) is 65.2 Å². The Labute approximate surface area is 147 Å². The lowest BCUT2D eigenvalue weighted by Crippen LogP contribution is -2.28. The standard InChI is InChI=1S/C21H20O4/c1-21(2)12-11-15-17(23)13-18(24-3)19(20(15)25-21)16(22)10-9-14-7-5-4-6-8-14/h4-13,23H,1-3H3. The molecule has 2 aromatic rings. The van der Waals surface area contributed by atoms with E-state index in [0.717, 1.165) is 5.56 Å². The van der Waals surface area contributed by atoms with Gasteiger partial charge in [-0.2, -0.15) is 0 Å². The molecule has 4 heteroatoms. The Kier molecular flexibility index (Phi) is 4.36. The van der Waals surface area contributed by atoms with Gasteiger partial charge in [0.25, 0.3) is 0 Å². The van der Waals surface area contributed by atoms with Crippen LogP contribution < -0.4 is 9.47 Å². The Hall–Kier alpha value is -3.01. The van der Waals surface area contributed by atoms with Gasteiger partial charge in [-0.05, 0) is 37.6 Å². The minimum atomic E-state index is -0.579. The zero-order valence-corrected chi connectivity index (χ0v) is 14.4. The number of aromatic hydroxyl groups is 1. The number of rotatable bonds is 4. The van der Waals surface area contributed by atoms with Crippen molar-refractivity contribution >= 4 is 17.9 Å². The minimum Gasteiger partial charge on any atom is -0.507 e. The van der Waals surface area contributed by atoms with Crippen LogP contribution in [0.25, 0.3) is 12.2 Å². The highest BCUT2D eigenvalue weighted by molar-refractivity contribution is 6.11. The smallest absolute Gasteiger partial charge is 0.193 e. The first-order valence-corrected chi connectivity index (χ1v) is 8.01. The summed E-state index contributed by atoms with van der Waals surface area (Å²) >= 11 is 0. The zero-order valence-electron chi connectivity index (χ0n) is 14.4. The van der Waals surface area contributed by atoms with E-state index in [1.54, 1.807) is 12.2 Å². The van der Waals surface area contributed by atoms with Gasteiger partial charge in [0.1, 0.15) is 28.4 Å². The number of methoxy groups -OCH3 is 1. The fourth-order valence-corrected chi connectivity index (χ4v) is 2.70. The van der Waals surface area contributed by atoms with Crippen LogP contribution in [0, 0.1) is 0 Å². The van der Waals surface area contributed by atoms with Crippen molar-refractivity contribution in [2.24, 2.45) is 0 Å². The lowest BCUT2D eigenvalue weighted by atomic mass is 9.96. The molecule has 0 aliphatic carbocycles. The molecular weight excluding hydrogens is 316 g/mol. The monoisotopic (exact) mass is 336 g/mol. The van der Waals surface area contributed by atoms with E-state index in [4.69, 9.17) is 9.47 Å². The van der Waals surface area contributed by atoms with E-state index >= 15 is 0 Å². The quantitative estimate of drug-likeness (QED) is 0.660. The van der Waals surface area contributed by atoms with E-state index in [1.165, 1.54) is 19.3 Å². The van der Waals surface area contributed by atoms with E-state index in [1.807, 2.05) is 50.3 Å². The number of benzene rings is 2. The maximum Gasteiger partial charge on any atom is 0.193 e. The highest BCUT2D eigenvalue weighted by Crippen LogP contribution is 2.44. The molecule has 0 saturated heterocycles. The van der Waals surface area contributed by atoms with Crippen molar-refractivity contribution in [1.29, 1.82) is 0 Å². The van der Waals surface area contributed by atoms with Gasteiger partial charge in [-0.15, -0.1) is 0 Å². The van der Waals surface area contributed by atoms with Gasteiger partial charge in [0.05, 0.1) is 12.7 Å². The van der Waals surface area contributed by atoms with E-state index in [2.05, 4.69) is 0 Å². The first-order chi connectivity index (χ1) is 11.9. The molecule has 0 atom stereocenters. The summed E-state index contributed by atoms with van der Waals surface area (Å²) in [5.41, 5.74) is 1.13. The van der Waals surface area contributed by atoms with Crippen LogP contribution in [0.1, 0.15) is 35.3 Å². The number of ether oxygens (including phenoxy) is 2. The third-order valence-corrected chi connectivity index (χ3v) is 3.97. The number of hydrogen-bond donors (Lipinski definition) is 1. The Morgan fingerprint density at radius 3 is 2.64 bits per heavy atom. The van der Waals surface area contributed by atoms with Crippen LogP contribution >= 0.6 is 0 Å². The molecule has 128 valence electrons. The number of allylic oxidation sites excluding steroid dienone is 1. The number of phenolic OH excluding ortho intramolecular Hbond substituents is 1. The van der Waals surface area contributed by atoms with Crippen molar-refractivity contribution in [1.82, 2.24) is 0 Å². The Morgan fingerprint density at radius 1 is 1.24 bits per heavy atom. The lowest BCUT2D eigenvalue weighted by Gasteiger charge is -2.30. The summed E-state index contributed by atoms with van der Waals surface area (Å²) in [6.45, 7) is 3.77. The van der Waals surface area contributed by atoms with Gasteiger partial charge in [0.15, 0.2) is 5.78 Å². The number of carbonyl (C=O) groups is 1. The molecule has 1 aliphatic heterocycles. The molecule has 0 saturated carbocycles. The van der Waals surface area contributed by atoms with Gasteiger partial charge in [-0.3, -0.25) is 4.79 Å². The third-order valence-electron chi connectivity index (χ3n) is 3.97. The predicted octanol–water partition coefficient (Wildman–Crippen LogP) is 4.48. The first kappa shape index (κ1) is 16.8. The van der Waals surface area contributed by atoms with E-state index in [9.17, 15) is 9.90 Å². The average Bonchev–Trinajstić information content (AvgIpc) is 2.59. The molecule has 1 N–H and O–H groups in total. The van der Waals surface area contributed by atoms with E-state index in [-0.39, 0.29) is 17.3 Å². The van der Waals surface area contributed by atoms with E-state index in [0.29, 0.717) is 16.9 Å². The molecule has 2 aromatic carbocycles. The summed E-state index contributed by atoms with van der Waals surface area (Å²) in [5, 5.41) is 10.2. The summed E-state index contributed by atoms with van der Waals surface area (Å²) in [5.74, 6) is 0.391. The molecule has 0 aromatic heterocycles. The summed E-state index contributed by atoms with van der Waals surface area (Å²) in [7, 11) is 1.46. The molecule has 0 spiro atoms. The lowest BCUT2D eigenvalue weighted by molar-refractivity contribution is 0.103. The molecule has 0 unspecified atom stereocenters. The topological polar surface area (TPSA) is 55.8 Å². The normalized spacial score (nSPS) is 14.8. The molecular formula is C21H20O4. The third kappa shape index (κ3) is 3.43. The SMILES string of the molecule is COc1cc(O)c2c(c1C(=O)C=Cc1ccccc1)OC(C)(C)C=C2. The van der Waals surface area contributed by atoms with Gasteiger partial charge < -0.3 is 14.6 Å². The van der Waals surface area contributed by atoms with Crippen LogP contribution in [-0.4, -0.2) is 23.6 Å². The Morgan fingerprint density at radius 2 is 1.96 bits per heavy atom. The zero-order chi connectivity index (χ0) is 18.0. The van der Waals surface area contributed by atoms with E-state index < -0.39 is 5.60 Å². The van der Waals surface area contributed by atoms with Crippen molar-refractivity contribution in [2.45, 2.75) is 19.4 Å².